The Morgan fingerprint density at radius 3 is 2.89 bits per heavy atom. The second-order valence-corrected chi connectivity index (χ2v) is 6.00. The Kier molecular flexibility index (Phi) is 7.65. The summed E-state index contributed by atoms with van der Waals surface area (Å²) in [6, 6.07) is 1.74. The van der Waals surface area contributed by atoms with E-state index in [2.05, 4.69) is 15.6 Å². The maximum Gasteiger partial charge on any atom is 0.248 e. The molecule has 1 aromatic rings. The molecule has 0 aromatic carbocycles. The van der Waals surface area contributed by atoms with Gasteiger partial charge in [-0.2, -0.15) is 0 Å². The summed E-state index contributed by atoms with van der Waals surface area (Å²) in [7, 11) is 0. The number of hydrogen-bond donors (Lipinski definition) is 4. The minimum absolute atomic E-state index is 0.0911. The summed E-state index contributed by atoms with van der Waals surface area (Å²) in [5.41, 5.74) is 9.19. The predicted molar refractivity (Wildman–Crippen MR) is 111 cm³/mol. The lowest BCUT2D eigenvalue weighted by atomic mass is 10.0. The van der Waals surface area contributed by atoms with Crippen molar-refractivity contribution < 1.29 is 9.59 Å². The number of allylic oxidation sites excluding steroid dienone is 4. The van der Waals surface area contributed by atoms with Gasteiger partial charge in [-0.05, 0) is 29.4 Å². The van der Waals surface area contributed by atoms with Gasteiger partial charge in [-0.25, -0.2) is 0 Å². The molecule has 2 amide bonds. The fourth-order valence-electron chi connectivity index (χ4n) is 2.49. The van der Waals surface area contributed by atoms with Crippen LogP contribution in [-0.4, -0.2) is 29.6 Å². The summed E-state index contributed by atoms with van der Waals surface area (Å²) in [5, 5.41) is 13.0. The van der Waals surface area contributed by atoms with E-state index >= 15 is 0 Å². The van der Waals surface area contributed by atoms with Crippen LogP contribution in [0.25, 0.3) is 11.6 Å². The molecule has 1 aromatic heterocycles. The van der Waals surface area contributed by atoms with Crippen molar-refractivity contribution in [2.75, 3.05) is 6.54 Å². The molecule has 0 spiro atoms. The molecular formula is C21H23N5O2. The maximum atomic E-state index is 12.3. The summed E-state index contributed by atoms with van der Waals surface area (Å²) < 4.78 is 0. The number of nitrogens with zero attached hydrogens (tertiary/aromatic N) is 1. The highest BCUT2D eigenvalue weighted by molar-refractivity contribution is 6.09. The zero-order valence-electron chi connectivity index (χ0n) is 15.6. The van der Waals surface area contributed by atoms with Crippen LogP contribution in [0.15, 0.2) is 66.3 Å². The van der Waals surface area contributed by atoms with E-state index in [1.165, 1.54) is 19.2 Å². The highest BCUT2D eigenvalue weighted by Crippen LogP contribution is 2.17. The Hall–Kier alpha value is -3.74. The van der Waals surface area contributed by atoms with Gasteiger partial charge in [0.15, 0.2) is 0 Å². The summed E-state index contributed by atoms with van der Waals surface area (Å²) in [6.07, 6.45) is 16.9. The molecule has 0 bridgehead atoms. The summed E-state index contributed by atoms with van der Waals surface area (Å²) in [6.45, 7) is 1.91. The van der Waals surface area contributed by atoms with Gasteiger partial charge in [-0.15, -0.1) is 0 Å². The molecule has 0 unspecified atom stereocenters. The van der Waals surface area contributed by atoms with E-state index in [1.54, 1.807) is 24.5 Å². The number of aromatic nitrogens is 1. The van der Waals surface area contributed by atoms with E-state index in [9.17, 15) is 9.59 Å². The van der Waals surface area contributed by atoms with Crippen LogP contribution >= 0.6 is 0 Å². The van der Waals surface area contributed by atoms with Crippen LogP contribution in [0.1, 0.15) is 24.5 Å². The van der Waals surface area contributed by atoms with Gasteiger partial charge in [0.25, 0.3) is 0 Å². The lowest BCUT2D eigenvalue weighted by Crippen LogP contribution is -2.21. The Morgan fingerprint density at radius 1 is 1.36 bits per heavy atom. The second-order valence-electron chi connectivity index (χ2n) is 6.00. The van der Waals surface area contributed by atoms with Crippen LogP contribution in [0.5, 0.6) is 0 Å². The molecular weight excluding hydrogens is 354 g/mol. The third-order valence-electron chi connectivity index (χ3n) is 3.91. The molecule has 1 heterocycles. The van der Waals surface area contributed by atoms with Crippen LogP contribution in [0.2, 0.25) is 0 Å². The molecule has 0 atom stereocenters. The van der Waals surface area contributed by atoms with Gasteiger partial charge in [0.05, 0.1) is 0 Å². The van der Waals surface area contributed by atoms with Crippen molar-refractivity contribution in [1.29, 1.82) is 5.41 Å². The van der Waals surface area contributed by atoms with Crippen molar-refractivity contribution in [2.24, 2.45) is 5.73 Å². The third-order valence-corrected chi connectivity index (χ3v) is 3.91. The van der Waals surface area contributed by atoms with Crippen molar-refractivity contribution in [1.82, 2.24) is 15.6 Å². The largest absolute Gasteiger partial charge is 0.404 e. The monoisotopic (exact) mass is 377 g/mol. The van der Waals surface area contributed by atoms with E-state index in [4.69, 9.17) is 11.1 Å². The van der Waals surface area contributed by atoms with Gasteiger partial charge in [-0.3, -0.25) is 14.6 Å². The van der Waals surface area contributed by atoms with E-state index in [0.29, 0.717) is 24.1 Å². The minimum atomic E-state index is -0.277. The first-order valence-corrected chi connectivity index (χ1v) is 8.70. The molecule has 0 saturated heterocycles. The zero-order valence-corrected chi connectivity index (χ0v) is 15.6. The standard InChI is InChI=1S/C21H23N5O2/c1-15(27)25-13-16-3-2-4-19(7-5-16)26-21(28)8-6-17-14-24-10-9-20(17)18(11-22)12-23/h2-3,5-12,14,22H,4,13,23H2,1H3,(H,25,27)(H,26,28)/b8-6+,18-12+,22-11?. The zero-order chi connectivity index (χ0) is 20.4. The van der Waals surface area contributed by atoms with Crippen molar-refractivity contribution in [3.63, 3.8) is 0 Å². The van der Waals surface area contributed by atoms with Gasteiger partial charge in [0, 0.05) is 67.6 Å². The number of nitrogens with one attached hydrogen (secondary N) is 3. The highest BCUT2D eigenvalue weighted by atomic mass is 16.2. The average molecular weight is 377 g/mol. The van der Waals surface area contributed by atoms with E-state index in [0.717, 1.165) is 23.0 Å². The van der Waals surface area contributed by atoms with Crippen LogP contribution in [0.3, 0.4) is 0 Å². The summed E-state index contributed by atoms with van der Waals surface area (Å²) in [5.74, 6) is -0.368. The topological polar surface area (TPSA) is 121 Å². The van der Waals surface area contributed by atoms with Crippen molar-refractivity contribution >= 4 is 29.7 Å². The maximum absolute atomic E-state index is 12.3. The van der Waals surface area contributed by atoms with Gasteiger partial charge in [0.2, 0.25) is 11.8 Å². The normalized spacial score (nSPS) is 14.1. The van der Waals surface area contributed by atoms with Crippen molar-refractivity contribution in [3.8, 4) is 0 Å². The number of carbonyl (C=O) groups is 2. The van der Waals surface area contributed by atoms with Gasteiger partial charge in [0.1, 0.15) is 0 Å². The molecule has 1 aliphatic carbocycles. The van der Waals surface area contributed by atoms with E-state index in [-0.39, 0.29) is 11.8 Å². The smallest absolute Gasteiger partial charge is 0.248 e. The number of nitrogens with two attached hydrogens (primary N) is 1. The molecule has 0 saturated carbocycles. The molecule has 7 nitrogen and oxygen atoms in total. The number of rotatable bonds is 7. The molecule has 28 heavy (non-hydrogen) atoms. The van der Waals surface area contributed by atoms with Crippen LogP contribution in [0.4, 0.5) is 0 Å². The van der Waals surface area contributed by atoms with Crippen LogP contribution in [0, 0.1) is 5.41 Å². The lowest BCUT2D eigenvalue weighted by molar-refractivity contribution is -0.119. The van der Waals surface area contributed by atoms with E-state index in [1.807, 2.05) is 24.3 Å². The molecule has 5 N–H and O–H groups in total. The number of carbonyl (C=O) groups excluding carboxylic acids is 2. The first-order chi connectivity index (χ1) is 13.5. The van der Waals surface area contributed by atoms with Crippen molar-refractivity contribution in [2.45, 2.75) is 13.3 Å². The predicted octanol–water partition coefficient (Wildman–Crippen LogP) is 2.07. The minimum Gasteiger partial charge on any atom is -0.404 e. The number of hydrogen-bond acceptors (Lipinski definition) is 5. The highest BCUT2D eigenvalue weighted by Gasteiger charge is 2.06. The molecule has 0 fully saturated rings. The second kappa shape index (κ2) is 10.4. The Bertz CT molecular complexity index is 907. The van der Waals surface area contributed by atoms with Crippen LogP contribution < -0.4 is 16.4 Å². The number of pyridine rings is 1. The lowest BCUT2D eigenvalue weighted by Gasteiger charge is -2.06. The fraction of sp³-hybridized carbons (Fsp3) is 0.143. The third kappa shape index (κ3) is 6.21. The Balaban J connectivity index is 2.06. The molecule has 2 rings (SSSR count). The average Bonchev–Trinajstić information content (AvgIpc) is 2.91. The van der Waals surface area contributed by atoms with Gasteiger partial charge < -0.3 is 21.8 Å². The van der Waals surface area contributed by atoms with Crippen molar-refractivity contribution in [3.05, 3.63) is 77.4 Å². The van der Waals surface area contributed by atoms with E-state index < -0.39 is 0 Å². The first-order valence-electron chi connectivity index (χ1n) is 8.70. The molecule has 144 valence electrons. The molecule has 1 aliphatic rings. The van der Waals surface area contributed by atoms with Crippen LogP contribution in [-0.2, 0) is 9.59 Å². The molecule has 0 aliphatic heterocycles. The number of amides is 2. The molecule has 0 radical (unpaired) electrons. The Morgan fingerprint density at radius 2 is 2.18 bits per heavy atom. The SMILES string of the molecule is CC(=O)NCC1=CC=C(NC(=O)/C=C/c2cnccc2/C(C=N)=C/N)CC=C1. The first kappa shape index (κ1) is 20.6. The van der Waals surface area contributed by atoms with Gasteiger partial charge in [-0.1, -0.05) is 18.2 Å². The quantitative estimate of drug-likeness (QED) is 0.429. The molecule has 7 heteroatoms. The summed E-state index contributed by atoms with van der Waals surface area (Å²) in [4.78, 5) is 27.3. The summed E-state index contributed by atoms with van der Waals surface area (Å²) >= 11 is 0. The fourth-order valence-corrected chi connectivity index (χ4v) is 2.49. The Labute approximate surface area is 163 Å². The van der Waals surface area contributed by atoms with Gasteiger partial charge >= 0.3 is 0 Å².